The largest absolute Gasteiger partial charge is 0.444 e. The van der Waals surface area contributed by atoms with Gasteiger partial charge in [-0.15, -0.1) is 0 Å². The second-order valence-electron chi connectivity index (χ2n) is 5.24. The fraction of sp³-hybridized carbons (Fsp3) is 0.727. The fourth-order valence-electron chi connectivity index (χ4n) is 1.75. The molecule has 1 N–H and O–H groups in total. The van der Waals surface area contributed by atoms with Crippen molar-refractivity contribution in [1.82, 2.24) is 14.3 Å². The maximum Gasteiger partial charge on any atom is 0.411 e. The minimum absolute atomic E-state index is 0.246. The van der Waals surface area contributed by atoms with E-state index in [2.05, 4.69) is 9.36 Å². The Morgan fingerprint density at radius 3 is 2.89 bits per heavy atom. The quantitative estimate of drug-likeness (QED) is 0.837. The van der Waals surface area contributed by atoms with Gasteiger partial charge in [-0.05, 0) is 20.8 Å². The van der Waals surface area contributed by atoms with Crippen molar-refractivity contribution in [3.63, 3.8) is 0 Å². The average Bonchev–Trinajstić information content (AvgIpc) is 2.73. The minimum Gasteiger partial charge on any atom is -0.444 e. The van der Waals surface area contributed by atoms with E-state index in [-0.39, 0.29) is 4.87 Å². The third kappa shape index (κ3) is 3.54. The van der Waals surface area contributed by atoms with Gasteiger partial charge in [0.15, 0.2) is 0 Å². The molecule has 0 aliphatic carbocycles. The topological polar surface area (TPSA) is 84.5 Å². The van der Waals surface area contributed by atoms with E-state index >= 15 is 0 Å². The molecule has 19 heavy (non-hydrogen) atoms. The molecule has 7 nitrogen and oxygen atoms in total. The zero-order chi connectivity index (χ0) is 14.0. The number of H-pyrrole nitrogens is 1. The van der Waals surface area contributed by atoms with Crippen molar-refractivity contribution in [2.45, 2.75) is 32.4 Å². The highest BCUT2D eigenvalue weighted by Crippen LogP contribution is 2.23. The molecule has 1 aromatic heterocycles. The number of amides is 1. The third-order valence-electron chi connectivity index (χ3n) is 2.53. The Morgan fingerprint density at radius 1 is 1.58 bits per heavy atom. The van der Waals surface area contributed by atoms with Gasteiger partial charge < -0.3 is 9.47 Å². The van der Waals surface area contributed by atoms with Crippen LogP contribution in [0.4, 0.5) is 4.79 Å². The van der Waals surface area contributed by atoms with Crippen LogP contribution < -0.4 is 4.87 Å². The van der Waals surface area contributed by atoms with Crippen LogP contribution in [0.25, 0.3) is 0 Å². The molecular formula is C11H17N3O4S. The van der Waals surface area contributed by atoms with Gasteiger partial charge in [-0.25, -0.2) is 4.79 Å². The molecule has 1 saturated heterocycles. The molecule has 1 atom stereocenters. The van der Waals surface area contributed by atoms with Gasteiger partial charge >= 0.3 is 11.0 Å². The van der Waals surface area contributed by atoms with Gasteiger partial charge in [0.05, 0.1) is 13.2 Å². The molecule has 1 aliphatic heterocycles. The number of aromatic amines is 1. The molecule has 0 aromatic carbocycles. The van der Waals surface area contributed by atoms with Crippen LogP contribution in [0.1, 0.15) is 32.6 Å². The van der Waals surface area contributed by atoms with Crippen molar-refractivity contribution in [2.24, 2.45) is 0 Å². The van der Waals surface area contributed by atoms with Crippen LogP contribution in [0, 0.1) is 0 Å². The predicted molar refractivity (Wildman–Crippen MR) is 69.2 cm³/mol. The van der Waals surface area contributed by atoms with Crippen molar-refractivity contribution in [1.29, 1.82) is 0 Å². The second kappa shape index (κ2) is 5.30. The Kier molecular flexibility index (Phi) is 3.91. The fourth-order valence-corrected chi connectivity index (χ4v) is 2.25. The molecule has 0 bridgehead atoms. The van der Waals surface area contributed by atoms with Gasteiger partial charge in [0.1, 0.15) is 17.5 Å². The van der Waals surface area contributed by atoms with E-state index in [0.29, 0.717) is 25.6 Å². The van der Waals surface area contributed by atoms with E-state index in [0.717, 1.165) is 11.5 Å². The molecule has 106 valence electrons. The van der Waals surface area contributed by atoms with E-state index < -0.39 is 17.7 Å². The van der Waals surface area contributed by atoms with Crippen LogP contribution in [0.3, 0.4) is 0 Å². The number of nitrogens with one attached hydrogen (secondary N) is 1. The Hall–Kier alpha value is -1.41. The number of aromatic nitrogens is 2. The van der Waals surface area contributed by atoms with Crippen molar-refractivity contribution in [3.8, 4) is 0 Å². The first-order chi connectivity index (χ1) is 8.87. The normalized spacial score (nSPS) is 20.4. The Bertz CT molecular complexity index is 505. The molecule has 2 heterocycles. The first-order valence-electron chi connectivity index (χ1n) is 6.00. The maximum atomic E-state index is 12.1. The molecule has 1 fully saturated rings. The number of morpholine rings is 1. The molecular weight excluding hydrogens is 270 g/mol. The number of hydrogen-bond acceptors (Lipinski definition) is 6. The van der Waals surface area contributed by atoms with Crippen molar-refractivity contribution >= 4 is 17.6 Å². The monoisotopic (exact) mass is 287 g/mol. The van der Waals surface area contributed by atoms with Crippen LogP contribution in [0.5, 0.6) is 0 Å². The smallest absolute Gasteiger partial charge is 0.411 e. The number of nitrogens with zero attached hydrogens (tertiary/aromatic N) is 2. The summed E-state index contributed by atoms with van der Waals surface area (Å²) in [5.74, 6) is 0.445. The third-order valence-corrected chi connectivity index (χ3v) is 3.09. The van der Waals surface area contributed by atoms with Gasteiger partial charge in [-0.2, -0.15) is 4.37 Å². The zero-order valence-corrected chi connectivity index (χ0v) is 12.0. The lowest BCUT2D eigenvalue weighted by atomic mass is 10.2. The lowest BCUT2D eigenvalue weighted by Gasteiger charge is -2.35. The first kappa shape index (κ1) is 14.0. The summed E-state index contributed by atoms with van der Waals surface area (Å²) in [5.41, 5.74) is -0.560. The van der Waals surface area contributed by atoms with Gasteiger partial charge in [0.25, 0.3) is 0 Å². The summed E-state index contributed by atoms with van der Waals surface area (Å²) >= 11 is 0.830. The van der Waals surface area contributed by atoms with E-state index in [1.807, 2.05) is 20.8 Å². The van der Waals surface area contributed by atoms with Crippen LogP contribution >= 0.6 is 11.5 Å². The molecule has 0 unspecified atom stereocenters. The van der Waals surface area contributed by atoms with E-state index in [4.69, 9.17) is 9.47 Å². The molecule has 0 saturated carbocycles. The number of ether oxygens (including phenoxy) is 2. The van der Waals surface area contributed by atoms with Gasteiger partial charge in [0.2, 0.25) is 0 Å². The van der Waals surface area contributed by atoms with E-state index in [1.165, 1.54) is 0 Å². The molecule has 1 aromatic rings. The summed E-state index contributed by atoms with van der Waals surface area (Å²) in [7, 11) is 0. The highest BCUT2D eigenvalue weighted by atomic mass is 32.1. The SMILES string of the molecule is CC(C)(C)OC(=O)N1CCOC[C@H]1c1nsc(=O)[nH]1. The standard InChI is InChI=1S/C11H17N3O4S/c1-11(2,3)18-10(16)14-4-5-17-6-7(14)8-12-9(15)19-13-8/h7H,4-6H2,1-3H3,(H,12,13,15)/t7-/m0/s1. The van der Waals surface area contributed by atoms with Gasteiger partial charge in [0, 0.05) is 18.1 Å². The summed E-state index contributed by atoms with van der Waals surface area (Å²) in [6, 6.07) is -0.400. The van der Waals surface area contributed by atoms with Crippen molar-refractivity contribution in [3.05, 3.63) is 15.5 Å². The summed E-state index contributed by atoms with van der Waals surface area (Å²) < 4.78 is 14.7. The Labute approximate surface area is 114 Å². The maximum absolute atomic E-state index is 12.1. The summed E-state index contributed by atoms with van der Waals surface area (Å²) in [6.45, 7) is 6.60. The highest BCUT2D eigenvalue weighted by Gasteiger charge is 2.33. The number of carbonyl (C=O) groups is 1. The minimum atomic E-state index is -0.560. The average molecular weight is 287 g/mol. The summed E-state index contributed by atoms with van der Waals surface area (Å²) in [6.07, 6.45) is -0.422. The summed E-state index contributed by atoms with van der Waals surface area (Å²) in [5, 5.41) is 0. The van der Waals surface area contributed by atoms with Crippen LogP contribution in [-0.2, 0) is 9.47 Å². The molecule has 8 heteroatoms. The van der Waals surface area contributed by atoms with E-state index in [9.17, 15) is 9.59 Å². The van der Waals surface area contributed by atoms with Crippen LogP contribution in [0.15, 0.2) is 4.79 Å². The molecule has 0 radical (unpaired) electrons. The second-order valence-corrected chi connectivity index (χ2v) is 5.98. The van der Waals surface area contributed by atoms with Gasteiger partial charge in [-0.3, -0.25) is 14.7 Å². The Morgan fingerprint density at radius 2 is 2.32 bits per heavy atom. The lowest BCUT2D eigenvalue weighted by Crippen LogP contribution is -2.46. The molecule has 0 spiro atoms. The number of carbonyl (C=O) groups excluding carboxylic acids is 1. The van der Waals surface area contributed by atoms with Crippen LogP contribution in [0.2, 0.25) is 0 Å². The Balaban J connectivity index is 2.16. The highest BCUT2D eigenvalue weighted by molar-refractivity contribution is 7.02. The zero-order valence-electron chi connectivity index (χ0n) is 11.1. The van der Waals surface area contributed by atoms with Crippen LogP contribution in [-0.4, -0.2) is 45.7 Å². The molecule has 1 aliphatic rings. The van der Waals surface area contributed by atoms with Gasteiger partial charge in [-0.1, -0.05) is 0 Å². The molecule has 1 amide bonds. The lowest BCUT2D eigenvalue weighted by molar-refractivity contribution is -0.0348. The van der Waals surface area contributed by atoms with Crippen molar-refractivity contribution < 1.29 is 14.3 Å². The first-order valence-corrected chi connectivity index (χ1v) is 6.77. The van der Waals surface area contributed by atoms with E-state index in [1.54, 1.807) is 4.90 Å². The number of hydrogen-bond donors (Lipinski definition) is 1. The summed E-state index contributed by atoms with van der Waals surface area (Å²) in [4.78, 5) is 27.2. The predicted octanol–water partition coefficient (Wildman–Crippen LogP) is 1.14. The molecule has 2 rings (SSSR count). The number of rotatable bonds is 1. The van der Waals surface area contributed by atoms with Crippen molar-refractivity contribution in [2.75, 3.05) is 19.8 Å².